The van der Waals surface area contributed by atoms with Gasteiger partial charge in [0.15, 0.2) is 0 Å². The molecule has 0 aliphatic carbocycles. The first-order valence-electron chi connectivity index (χ1n) is 7.16. The van der Waals surface area contributed by atoms with Crippen LogP contribution in [0.2, 0.25) is 0 Å². The number of nitrogens with zero attached hydrogens (tertiary/aromatic N) is 3. The van der Waals surface area contributed by atoms with Gasteiger partial charge in [-0.1, -0.05) is 12.2 Å². The van der Waals surface area contributed by atoms with Crippen molar-refractivity contribution < 1.29 is 4.74 Å². The maximum Gasteiger partial charge on any atom is 0.147 e. The molecular weight excluding hydrogens is 310 g/mol. The van der Waals surface area contributed by atoms with E-state index in [0.29, 0.717) is 17.9 Å². The topological polar surface area (TPSA) is 102 Å². The van der Waals surface area contributed by atoms with E-state index >= 15 is 0 Å². The molecule has 0 saturated heterocycles. The average Bonchev–Trinajstić information content (AvgIpc) is 2.98. The first-order chi connectivity index (χ1) is 11.2. The van der Waals surface area contributed by atoms with Gasteiger partial charge in [0, 0.05) is 19.0 Å². The summed E-state index contributed by atoms with van der Waals surface area (Å²) in [6, 6.07) is 3.99. The zero-order chi connectivity index (χ0) is 17.1. The molecule has 0 unspecified atom stereocenters. The molecular formula is C16H21N5OS. The number of aromatic nitrogens is 1. The minimum atomic E-state index is 0.578. The first kappa shape index (κ1) is 18.6. The summed E-state index contributed by atoms with van der Waals surface area (Å²) in [7, 11) is 1.62. The number of hydrogen-bond donors (Lipinski definition) is 2. The van der Waals surface area contributed by atoms with Crippen LogP contribution in [0.1, 0.15) is 29.8 Å². The number of rotatable bonds is 5. The van der Waals surface area contributed by atoms with Gasteiger partial charge in [0.2, 0.25) is 0 Å². The fourth-order valence-corrected chi connectivity index (χ4v) is 2.26. The Bertz CT molecular complexity index is 648. The molecule has 0 atom stereocenters. The highest BCUT2D eigenvalue weighted by Gasteiger charge is 2.19. The number of thiocarbonyl (C=S) groups is 1. The maximum absolute atomic E-state index is 9.27. The molecule has 2 rings (SSSR count). The molecule has 0 fully saturated rings. The van der Waals surface area contributed by atoms with Gasteiger partial charge in [-0.15, -0.1) is 0 Å². The molecule has 0 bridgehead atoms. The highest BCUT2D eigenvalue weighted by atomic mass is 32.1. The molecule has 4 N–H and O–H groups in total. The summed E-state index contributed by atoms with van der Waals surface area (Å²) in [5.74, 6) is 0.708. The number of hydrogen-bond acceptors (Lipinski definition) is 5. The molecule has 1 aliphatic heterocycles. The molecule has 1 aromatic rings. The summed E-state index contributed by atoms with van der Waals surface area (Å²) in [5, 5.41) is 10.9. The van der Waals surface area contributed by atoms with Crippen molar-refractivity contribution in [3.8, 4) is 6.07 Å². The lowest BCUT2D eigenvalue weighted by molar-refractivity contribution is 0.420. The van der Waals surface area contributed by atoms with Crippen LogP contribution in [0.25, 0.3) is 5.76 Å². The van der Waals surface area contributed by atoms with Crippen molar-refractivity contribution >= 4 is 29.7 Å². The van der Waals surface area contributed by atoms with E-state index in [1.54, 1.807) is 24.7 Å². The monoisotopic (exact) mass is 331 g/mol. The highest BCUT2D eigenvalue weighted by molar-refractivity contribution is 7.79. The molecule has 6 nitrogen and oxygen atoms in total. The van der Waals surface area contributed by atoms with Gasteiger partial charge in [0.05, 0.1) is 23.9 Å². The summed E-state index contributed by atoms with van der Waals surface area (Å²) < 4.78 is 7.52. The normalized spacial score (nSPS) is 12.8. The van der Waals surface area contributed by atoms with Crippen LogP contribution in [0.3, 0.4) is 0 Å². The van der Waals surface area contributed by atoms with Crippen molar-refractivity contribution in [2.24, 2.45) is 16.5 Å². The number of nitrogens with two attached hydrogens (primary N) is 2. The molecule has 2 heterocycles. The van der Waals surface area contributed by atoms with Crippen LogP contribution >= 0.6 is 12.2 Å². The SMILES string of the molecule is CN=CN.N#Cc1cc(C=S)n(CCCN)c1C1=CCC=CO1. The van der Waals surface area contributed by atoms with E-state index in [2.05, 4.69) is 11.1 Å². The summed E-state index contributed by atoms with van der Waals surface area (Å²) in [6.07, 6.45) is 8.40. The Balaban J connectivity index is 0.000000593. The number of nitriles is 1. The molecule has 7 heteroatoms. The third-order valence-corrected chi connectivity index (χ3v) is 3.31. The van der Waals surface area contributed by atoms with E-state index in [4.69, 9.17) is 28.4 Å². The largest absolute Gasteiger partial charge is 0.463 e. The lowest BCUT2D eigenvalue weighted by atomic mass is 10.2. The molecule has 0 aromatic carbocycles. The molecule has 1 aromatic heterocycles. The van der Waals surface area contributed by atoms with Crippen LogP contribution in [0.4, 0.5) is 0 Å². The summed E-state index contributed by atoms with van der Waals surface area (Å²) >= 11 is 5.02. The molecule has 122 valence electrons. The predicted molar refractivity (Wildman–Crippen MR) is 97.0 cm³/mol. The molecule has 0 amide bonds. The fraction of sp³-hybridized carbons (Fsp3) is 0.312. The van der Waals surface area contributed by atoms with Gasteiger partial charge in [0.1, 0.15) is 17.5 Å². The Hall–Kier alpha value is -2.43. The second-order valence-electron chi connectivity index (χ2n) is 4.56. The predicted octanol–water partition coefficient (Wildman–Crippen LogP) is 1.93. The number of ether oxygens (including phenoxy) is 1. The quantitative estimate of drug-likeness (QED) is 0.487. The van der Waals surface area contributed by atoms with Crippen LogP contribution in [0.15, 0.2) is 29.5 Å². The number of aliphatic imine (C=N–C) groups is 1. The van der Waals surface area contributed by atoms with E-state index in [1.807, 2.05) is 16.7 Å². The number of allylic oxidation sites excluding steroid dienone is 2. The third kappa shape index (κ3) is 5.06. The van der Waals surface area contributed by atoms with Crippen LogP contribution < -0.4 is 11.5 Å². The van der Waals surface area contributed by atoms with Crippen LogP contribution in [-0.4, -0.2) is 29.9 Å². The Labute approximate surface area is 141 Å². The second-order valence-corrected chi connectivity index (χ2v) is 4.79. The molecule has 23 heavy (non-hydrogen) atoms. The van der Waals surface area contributed by atoms with E-state index in [-0.39, 0.29) is 0 Å². The van der Waals surface area contributed by atoms with Crippen molar-refractivity contribution in [1.82, 2.24) is 4.57 Å². The van der Waals surface area contributed by atoms with E-state index in [9.17, 15) is 5.26 Å². The zero-order valence-corrected chi connectivity index (χ0v) is 13.9. The van der Waals surface area contributed by atoms with E-state index in [1.165, 1.54) is 6.34 Å². The molecule has 0 saturated carbocycles. The minimum absolute atomic E-state index is 0.578. The summed E-state index contributed by atoms with van der Waals surface area (Å²) in [6.45, 7) is 1.32. The summed E-state index contributed by atoms with van der Waals surface area (Å²) in [4.78, 5) is 3.39. The Morgan fingerprint density at radius 3 is 2.78 bits per heavy atom. The van der Waals surface area contributed by atoms with Crippen LogP contribution in [0, 0.1) is 11.3 Å². The van der Waals surface area contributed by atoms with E-state index in [0.717, 1.165) is 30.8 Å². The van der Waals surface area contributed by atoms with Gasteiger partial charge < -0.3 is 20.8 Å². The average molecular weight is 331 g/mol. The van der Waals surface area contributed by atoms with Gasteiger partial charge in [-0.05, 0) is 37.6 Å². The zero-order valence-electron chi connectivity index (χ0n) is 13.1. The van der Waals surface area contributed by atoms with Gasteiger partial charge in [-0.3, -0.25) is 4.99 Å². The third-order valence-electron chi connectivity index (χ3n) is 3.07. The standard InChI is InChI=1S/C14H15N3OS.C2H6N2/c15-5-3-6-17-12(10-19)8-11(9-16)14(17)13-4-1-2-7-18-13;1-4-2-3/h2,4,7-8,10H,1,3,5-6,15H2;2H,1H3,(H2,3,4). The minimum Gasteiger partial charge on any atom is -0.463 e. The fourth-order valence-electron chi connectivity index (χ4n) is 2.06. The van der Waals surface area contributed by atoms with Gasteiger partial charge in [-0.2, -0.15) is 5.26 Å². The van der Waals surface area contributed by atoms with Gasteiger partial charge in [-0.25, -0.2) is 0 Å². The Morgan fingerprint density at radius 2 is 2.30 bits per heavy atom. The molecule has 0 spiro atoms. The lowest BCUT2D eigenvalue weighted by Gasteiger charge is -2.15. The highest BCUT2D eigenvalue weighted by Crippen LogP contribution is 2.27. The van der Waals surface area contributed by atoms with Crippen molar-refractivity contribution in [3.63, 3.8) is 0 Å². The molecule has 0 radical (unpaired) electrons. The van der Waals surface area contributed by atoms with Crippen molar-refractivity contribution in [1.29, 1.82) is 5.26 Å². The maximum atomic E-state index is 9.27. The van der Waals surface area contributed by atoms with Crippen molar-refractivity contribution in [3.05, 3.63) is 41.4 Å². The van der Waals surface area contributed by atoms with E-state index < -0.39 is 0 Å². The van der Waals surface area contributed by atoms with Gasteiger partial charge >= 0.3 is 0 Å². The smallest absolute Gasteiger partial charge is 0.147 e. The Kier molecular flexibility index (Phi) is 8.36. The second kappa shape index (κ2) is 10.3. The van der Waals surface area contributed by atoms with Crippen molar-refractivity contribution in [2.75, 3.05) is 13.6 Å². The Morgan fingerprint density at radius 1 is 1.57 bits per heavy atom. The van der Waals surface area contributed by atoms with Crippen LogP contribution in [-0.2, 0) is 11.3 Å². The van der Waals surface area contributed by atoms with Crippen molar-refractivity contribution in [2.45, 2.75) is 19.4 Å². The summed E-state index contributed by atoms with van der Waals surface area (Å²) in [5.41, 5.74) is 12.5. The van der Waals surface area contributed by atoms with Gasteiger partial charge in [0.25, 0.3) is 0 Å². The first-order valence-corrected chi connectivity index (χ1v) is 7.64. The lowest BCUT2D eigenvalue weighted by Crippen LogP contribution is -2.11. The van der Waals surface area contributed by atoms with Crippen LogP contribution in [0.5, 0.6) is 0 Å². The molecule has 1 aliphatic rings.